The van der Waals surface area contributed by atoms with Gasteiger partial charge in [0.25, 0.3) is 10.0 Å². The summed E-state index contributed by atoms with van der Waals surface area (Å²) in [5.74, 6) is -0.260. The number of hydrogen-bond donors (Lipinski definition) is 1. The monoisotopic (exact) mass is 707 g/mol. The molecule has 0 aliphatic carbocycles. The van der Waals surface area contributed by atoms with Crippen LogP contribution in [0.15, 0.2) is 112 Å². The van der Waals surface area contributed by atoms with Gasteiger partial charge in [-0.25, -0.2) is 8.42 Å². The molecule has 0 saturated heterocycles. The number of nitrogens with one attached hydrogen (secondary N) is 1. The third-order valence-corrected chi connectivity index (χ3v) is 9.59. The van der Waals surface area contributed by atoms with Crippen LogP contribution in [0.1, 0.15) is 24.5 Å². The molecule has 0 aromatic heterocycles. The van der Waals surface area contributed by atoms with Crippen LogP contribution in [0.25, 0.3) is 0 Å². The molecule has 0 unspecified atom stereocenters. The van der Waals surface area contributed by atoms with Crippen molar-refractivity contribution in [3.63, 3.8) is 0 Å². The smallest absolute Gasteiger partial charge is 0.264 e. The van der Waals surface area contributed by atoms with E-state index >= 15 is 0 Å². The molecule has 0 spiro atoms. The van der Waals surface area contributed by atoms with E-state index in [0.717, 1.165) is 19.9 Å². The van der Waals surface area contributed by atoms with Crippen molar-refractivity contribution in [2.45, 2.75) is 37.2 Å². The first-order chi connectivity index (χ1) is 22.2. The second kappa shape index (κ2) is 16.3. The minimum absolute atomic E-state index is 0.0777. The lowest BCUT2D eigenvalue weighted by Gasteiger charge is -2.34. The van der Waals surface area contributed by atoms with E-state index in [1.165, 1.54) is 37.3 Å². The molecule has 1 N–H and O–H groups in total. The summed E-state index contributed by atoms with van der Waals surface area (Å²) in [5, 5.41) is 2.95. The number of amides is 2. The van der Waals surface area contributed by atoms with Gasteiger partial charge in [-0.05, 0) is 53.9 Å². The summed E-state index contributed by atoms with van der Waals surface area (Å²) < 4.78 is 41.1. The quantitative estimate of drug-likeness (QED) is 0.167. The van der Waals surface area contributed by atoms with Crippen LogP contribution in [0.4, 0.5) is 5.69 Å². The molecular formula is C35H38BrN3O6S. The van der Waals surface area contributed by atoms with Crippen molar-refractivity contribution in [1.29, 1.82) is 0 Å². The van der Waals surface area contributed by atoms with Crippen LogP contribution < -0.4 is 19.1 Å². The topological polar surface area (TPSA) is 105 Å². The number of methoxy groups -OCH3 is 2. The van der Waals surface area contributed by atoms with E-state index in [1.54, 1.807) is 30.3 Å². The van der Waals surface area contributed by atoms with E-state index in [0.29, 0.717) is 24.4 Å². The number of halogens is 1. The first kappa shape index (κ1) is 34.5. The SMILES string of the molecule is CCCNC(=O)[C@H](Cc1ccccc1)N(Cc1cccc(Br)c1)C(=O)CN(c1ccccc1)S(=O)(=O)c1ccc(OC)c(OC)c1. The third-order valence-electron chi connectivity index (χ3n) is 7.33. The number of sulfonamides is 1. The zero-order valence-electron chi connectivity index (χ0n) is 26.1. The fourth-order valence-electron chi connectivity index (χ4n) is 4.98. The number of hydrogen-bond acceptors (Lipinski definition) is 6. The van der Waals surface area contributed by atoms with E-state index in [1.807, 2.05) is 61.5 Å². The van der Waals surface area contributed by atoms with Gasteiger partial charge in [0.15, 0.2) is 11.5 Å². The minimum atomic E-state index is -4.30. The first-order valence-corrected chi connectivity index (χ1v) is 17.1. The van der Waals surface area contributed by atoms with Crippen LogP contribution in [0.3, 0.4) is 0 Å². The summed E-state index contributed by atoms with van der Waals surface area (Å²) in [6.45, 7) is 1.91. The number of rotatable bonds is 15. The van der Waals surface area contributed by atoms with Crippen molar-refractivity contribution in [3.8, 4) is 11.5 Å². The van der Waals surface area contributed by atoms with Crippen molar-refractivity contribution < 1.29 is 27.5 Å². The number of carbonyl (C=O) groups is 2. The Morgan fingerprint density at radius 3 is 2.11 bits per heavy atom. The molecule has 1 atom stereocenters. The zero-order chi connectivity index (χ0) is 33.1. The summed E-state index contributed by atoms with van der Waals surface area (Å²) in [6.07, 6.45) is 0.957. The molecule has 11 heteroatoms. The highest BCUT2D eigenvalue weighted by atomic mass is 79.9. The van der Waals surface area contributed by atoms with Crippen molar-refractivity contribution in [2.75, 3.05) is 31.6 Å². The van der Waals surface area contributed by atoms with Crippen LogP contribution in [0.2, 0.25) is 0 Å². The Morgan fingerprint density at radius 1 is 0.826 bits per heavy atom. The van der Waals surface area contributed by atoms with Crippen molar-refractivity contribution in [2.24, 2.45) is 0 Å². The van der Waals surface area contributed by atoms with Gasteiger partial charge >= 0.3 is 0 Å². The Labute approximate surface area is 279 Å². The molecule has 9 nitrogen and oxygen atoms in total. The Bertz CT molecular complexity index is 1720. The lowest BCUT2D eigenvalue weighted by atomic mass is 10.0. The Hall–Kier alpha value is -4.35. The van der Waals surface area contributed by atoms with E-state index in [9.17, 15) is 18.0 Å². The highest BCUT2D eigenvalue weighted by Crippen LogP contribution is 2.32. The van der Waals surface area contributed by atoms with Gasteiger partial charge in [0.1, 0.15) is 12.6 Å². The van der Waals surface area contributed by atoms with Gasteiger partial charge in [0, 0.05) is 30.0 Å². The normalized spacial score (nSPS) is 11.7. The molecule has 0 aliphatic rings. The molecule has 242 valence electrons. The molecule has 4 rings (SSSR count). The molecule has 0 fully saturated rings. The van der Waals surface area contributed by atoms with Gasteiger partial charge in [0.05, 0.1) is 24.8 Å². The lowest BCUT2D eigenvalue weighted by molar-refractivity contribution is -0.140. The second-order valence-corrected chi connectivity index (χ2v) is 13.3. The molecule has 0 aliphatic heterocycles. The first-order valence-electron chi connectivity index (χ1n) is 14.8. The Morgan fingerprint density at radius 2 is 1.48 bits per heavy atom. The largest absolute Gasteiger partial charge is 0.493 e. The second-order valence-electron chi connectivity index (χ2n) is 10.5. The van der Waals surface area contributed by atoms with E-state index in [2.05, 4.69) is 21.2 Å². The fraction of sp³-hybridized carbons (Fsp3) is 0.257. The summed E-state index contributed by atoms with van der Waals surface area (Å²) in [6, 6.07) is 28.7. The van der Waals surface area contributed by atoms with E-state index in [-0.39, 0.29) is 29.5 Å². The highest BCUT2D eigenvalue weighted by Gasteiger charge is 2.35. The molecule has 0 heterocycles. The number of anilines is 1. The molecule has 46 heavy (non-hydrogen) atoms. The number of benzene rings is 4. The standard InChI is InChI=1S/C35H38BrN3O6S/c1-4-20-37-35(41)31(22-26-12-7-5-8-13-26)38(24-27-14-11-15-28(36)21-27)34(40)25-39(29-16-9-6-10-17-29)46(42,43)30-18-19-32(44-2)33(23-30)45-3/h5-19,21,23,31H,4,20,22,24-25H2,1-3H3,(H,37,41)/t31-/m0/s1. The summed E-state index contributed by atoms with van der Waals surface area (Å²) in [5.41, 5.74) is 1.94. The predicted molar refractivity (Wildman–Crippen MR) is 182 cm³/mol. The maximum atomic E-state index is 14.5. The molecule has 0 bridgehead atoms. The molecule has 0 radical (unpaired) electrons. The van der Waals surface area contributed by atoms with Gasteiger partial charge in [0.2, 0.25) is 11.8 Å². The van der Waals surface area contributed by atoms with Crippen LogP contribution in [-0.4, -0.2) is 58.5 Å². The summed E-state index contributed by atoms with van der Waals surface area (Å²) in [4.78, 5) is 29.6. The molecule has 2 amide bonds. The summed E-state index contributed by atoms with van der Waals surface area (Å²) in [7, 11) is -1.42. The maximum Gasteiger partial charge on any atom is 0.264 e. The fourth-order valence-corrected chi connectivity index (χ4v) is 6.86. The Kier molecular flexibility index (Phi) is 12.2. The minimum Gasteiger partial charge on any atom is -0.493 e. The van der Waals surface area contributed by atoms with Gasteiger partial charge in [-0.2, -0.15) is 0 Å². The van der Waals surface area contributed by atoms with Crippen molar-refractivity contribution in [3.05, 3.63) is 119 Å². The highest BCUT2D eigenvalue weighted by molar-refractivity contribution is 9.10. The van der Waals surface area contributed by atoms with E-state index in [4.69, 9.17) is 9.47 Å². The average Bonchev–Trinajstić information content (AvgIpc) is 3.07. The zero-order valence-corrected chi connectivity index (χ0v) is 28.5. The van der Waals surface area contributed by atoms with E-state index < -0.39 is 28.5 Å². The number of ether oxygens (including phenoxy) is 2. The van der Waals surface area contributed by atoms with Crippen LogP contribution in [-0.2, 0) is 32.6 Å². The van der Waals surface area contributed by atoms with Gasteiger partial charge in [-0.1, -0.05) is 83.5 Å². The molecule has 0 saturated carbocycles. The van der Waals surface area contributed by atoms with Gasteiger partial charge in [-0.3, -0.25) is 13.9 Å². The van der Waals surface area contributed by atoms with Crippen molar-refractivity contribution in [1.82, 2.24) is 10.2 Å². The van der Waals surface area contributed by atoms with Gasteiger partial charge in [-0.15, -0.1) is 0 Å². The summed E-state index contributed by atoms with van der Waals surface area (Å²) >= 11 is 3.50. The number of para-hydroxylation sites is 1. The maximum absolute atomic E-state index is 14.5. The molecule has 4 aromatic rings. The Balaban J connectivity index is 1.80. The van der Waals surface area contributed by atoms with Crippen molar-refractivity contribution >= 4 is 43.5 Å². The van der Waals surface area contributed by atoms with Crippen LogP contribution in [0.5, 0.6) is 11.5 Å². The average molecular weight is 709 g/mol. The predicted octanol–water partition coefficient (Wildman–Crippen LogP) is 5.83. The lowest BCUT2D eigenvalue weighted by Crippen LogP contribution is -2.53. The van der Waals surface area contributed by atoms with Crippen LogP contribution >= 0.6 is 15.9 Å². The number of carbonyl (C=O) groups excluding carboxylic acids is 2. The number of nitrogens with zero attached hydrogens (tertiary/aromatic N) is 2. The third kappa shape index (κ3) is 8.67. The molecular weight excluding hydrogens is 670 g/mol. The molecule has 4 aromatic carbocycles. The van der Waals surface area contributed by atoms with Gasteiger partial charge < -0.3 is 19.7 Å². The van der Waals surface area contributed by atoms with Crippen LogP contribution in [0, 0.1) is 0 Å².